The van der Waals surface area contributed by atoms with Crippen molar-refractivity contribution < 1.29 is 0 Å². The van der Waals surface area contributed by atoms with Crippen LogP contribution in [0.4, 0.5) is 5.82 Å². The molecule has 0 amide bonds. The summed E-state index contributed by atoms with van der Waals surface area (Å²) in [7, 11) is 0. The molecular weight excluding hydrogens is 186 g/mol. The molecule has 13 heavy (non-hydrogen) atoms. The number of nitrogens with zero attached hydrogens (tertiary/aromatic N) is 3. The van der Waals surface area contributed by atoms with Crippen molar-refractivity contribution >= 4 is 17.4 Å². The summed E-state index contributed by atoms with van der Waals surface area (Å²) in [6.07, 6.45) is 7.86. The van der Waals surface area contributed by atoms with E-state index >= 15 is 0 Å². The minimum atomic E-state index is 0.465. The molecule has 0 spiro atoms. The Morgan fingerprint density at radius 1 is 1.23 bits per heavy atom. The van der Waals surface area contributed by atoms with Gasteiger partial charge in [0.2, 0.25) is 0 Å². The maximum absolute atomic E-state index is 5.76. The van der Waals surface area contributed by atoms with E-state index in [1.54, 1.807) is 12.4 Å². The van der Waals surface area contributed by atoms with Crippen molar-refractivity contribution in [2.75, 3.05) is 18.0 Å². The number of rotatable bonds is 1. The first-order chi connectivity index (χ1) is 6.36. The van der Waals surface area contributed by atoms with E-state index in [9.17, 15) is 0 Å². The molecule has 0 saturated carbocycles. The minimum Gasteiger partial charge on any atom is -0.355 e. The highest BCUT2D eigenvalue weighted by Crippen LogP contribution is 2.17. The molecular formula is C9H11ClN3. The van der Waals surface area contributed by atoms with E-state index in [-0.39, 0.29) is 0 Å². The molecule has 69 valence electrons. The van der Waals surface area contributed by atoms with E-state index in [0.29, 0.717) is 5.15 Å². The molecule has 4 heteroatoms. The fourth-order valence-electron chi connectivity index (χ4n) is 1.46. The standard InChI is InChI=1S/C9H11ClN3/c10-8-6-11-7-9(12-8)13-4-2-1-3-5-13/h1,6-7H,2-5H2. The van der Waals surface area contributed by atoms with Crippen LogP contribution in [0.15, 0.2) is 12.4 Å². The second kappa shape index (κ2) is 3.92. The van der Waals surface area contributed by atoms with Gasteiger partial charge in [-0.15, -0.1) is 0 Å². The van der Waals surface area contributed by atoms with Gasteiger partial charge in [-0.1, -0.05) is 11.6 Å². The van der Waals surface area contributed by atoms with Crippen LogP contribution in [0.2, 0.25) is 5.15 Å². The average molecular weight is 197 g/mol. The number of hydrogen-bond donors (Lipinski definition) is 0. The Morgan fingerprint density at radius 2 is 2.00 bits per heavy atom. The second-order valence-electron chi connectivity index (χ2n) is 3.05. The molecule has 1 aliphatic rings. The Labute approximate surface area is 82.8 Å². The van der Waals surface area contributed by atoms with Crippen LogP contribution in [0.5, 0.6) is 0 Å². The summed E-state index contributed by atoms with van der Waals surface area (Å²) in [6, 6.07) is 0. The summed E-state index contributed by atoms with van der Waals surface area (Å²) in [6.45, 7) is 2.05. The summed E-state index contributed by atoms with van der Waals surface area (Å²) in [5.74, 6) is 0.889. The van der Waals surface area contributed by atoms with Gasteiger partial charge in [0.05, 0.1) is 12.4 Å². The Hall–Kier alpha value is -0.830. The highest BCUT2D eigenvalue weighted by atomic mass is 35.5. The third-order valence-electron chi connectivity index (χ3n) is 2.12. The van der Waals surface area contributed by atoms with E-state index in [1.165, 1.54) is 0 Å². The van der Waals surface area contributed by atoms with Gasteiger partial charge >= 0.3 is 0 Å². The summed E-state index contributed by atoms with van der Waals surface area (Å²) >= 11 is 5.76. The van der Waals surface area contributed by atoms with Crippen LogP contribution < -0.4 is 4.90 Å². The zero-order valence-corrected chi connectivity index (χ0v) is 8.04. The maximum atomic E-state index is 5.76. The van der Waals surface area contributed by atoms with Crippen molar-refractivity contribution in [1.82, 2.24) is 9.97 Å². The van der Waals surface area contributed by atoms with Gasteiger partial charge < -0.3 is 4.90 Å². The lowest BCUT2D eigenvalue weighted by molar-refractivity contribution is 0.670. The normalized spacial score (nSPS) is 17.5. The highest BCUT2D eigenvalue weighted by Gasteiger charge is 2.12. The van der Waals surface area contributed by atoms with Gasteiger partial charge in [-0.2, -0.15) is 0 Å². The Bertz CT molecular complexity index is 284. The molecule has 1 saturated heterocycles. The van der Waals surface area contributed by atoms with Gasteiger partial charge in [-0.25, -0.2) is 4.98 Å². The zero-order chi connectivity index (χ0) is 9.10. The smallest absolute Gasteiger partial charge is 0.149 e. The van der Waals surface area contributed by atoms with Crippen LogP contribution in [0.3, 0.4) is 0 Å². The molecule has 1 aliphatic heterocycles. The lowest BCUT2D eigenvalue weighted by Gasteiger charge is -2.27. The molecule has 3 nitrogen and oxygen atoms in total. The number of anilines is 1. The van der Waals surface area contributed by atoms with Gasteiger partial charge in [-0.05, 0) is 19.3 Å². The Morgan fingerprint density at radius 3 is 2.69 bits per heavy atom. The lowest BCUT2D eigenvalue weighted by atomic mass is 10.1. The molecule has 0 aromatic carbocycles. The van der Waals surface area contributed by atoms with Crippen LogP contribution in [-0.4, -0.2) is 23.1 Å². The van der Waals surface area contributed by atoms with Crippen LogP contribution in [0.25, 0.3) is 0 Å². The molecule has 1 aromatic heterocycles. The van der Waals surface area contributed by atoms with Gasteiger partial charge in [0.25, 0.3) is 0 Å². The van der Waals surface area contributed by atoms with Gasteiger partial charge in [0.15, 0.2) is 0 Å². The van der Waals surface area contributed by atoms with Gasteiger partial charge in [-0.3, -0.25) is 4.98 Å². The van der Waals surface area contributed by atoms with E-state index in [0.717, 1.165) is 31.7 Å². The fraction of sp³-hybridized carbons (Fsp3) is 0.444. The monoisotopic (exact) mass is 196 g/mol. The van der Waals surface area contributed by atoms with E-state index < -0.39 is 0 Å². The van der Waals surface area contributed by atoms with Crippen molar-refractivity contribution in [3.05, 3.63) is 24.0 Å². The van der Waals surface area contributed by atoms with Crippen LogP contribution >= 0.6 is 11.6 Å². The predicted octanol–water partition coefficient (Wildman–Crippen LogP) is 1.93. The first-order valence-electron chi connectivity index (χ1n) is 4.40. The molecule has 0 N–H and O–H groups in total. The lowest BCUT2D eigenvalue weighted by Crippen LogP contribution is -2.30. The summed E-state index contributed by atoms with van der Waals surface area (Å²) < 4.78 is 0. The molecule has 0 atom stereocenters. The van der Waals surface area contributed by atoms with Gasteiger partial charge in [0.1, 0.15) is 11.0 Å². The zero-order valence-electron chi connectivity index (χ0n) is 7.28. The Balaban J connectivity index is 2.14. The third kappa shape index (κ3) is 2.10. The summed E-state index contributed by atoms with van der Waals surface area (Å²) in [5.41, 5.74) is 0. The predicted molar refractivity (Wildman–Crippen MR) is 52.8 cm³/mol. The molecule has 0 unspecified atom stereocenters. The average Bonchev–Trinajstić information content (AvgIpc) is 2.19. The summed E-state index contributed by atoms with van der Waals surface area (Å²) in [5, 5.41) is 0.465. The van der Waals surface area contributed by atoms with Crippen molar-refractivity contribution in [2.24, 2.45) is 0 Å². The van der Waals surface area contributed by atoms with E-state index in [4.69, 9.17) is 11.6 Å². The van der Waals surface area contributed by atoms with Crippen molar-refractivity contribution in [3.63, 3.8) is 0 Å². The first kappa shape index (κ1) is 8.75. The highest BCUT2D eigenvalue weighted by molar-refractivity contribution is 6.29. The molecule has 1 radical (unpaired) electrons. The number of hydrogen-bond acceptors (Lipinski definition) is 3. The second-order valence-corrected chi connectivity index (χ2v) is 3.44. The largest absolute Gasteiger partial charge is 0.355 e. The van der Waals surface area contributed by atoms with E-state index in [2.05, 4.69) is 21.3 Å². The maximum Gasteiger partial charge on any atom is 0.149 e. The molecule has 1 aromatic rings. The number of halogens is 1. The minimum absolute atomic E-state index is 0.465. The molecule has 2 heterocycles. The third-order valence-corrected chi connectivity index (χ3v) is 2.30. The number of piperidine rings is 1. The van der Waals surface area contributed by atoms with Crippen LogP contribution in [0, 0.1) is 6.42 Å². The summed E-state index contributed by atoms with van der Waals surface area (Å²) in [4.78, 5) is 10.4. The Kier molecular flexibility index (Phi) is 2.64. The van der Waals surface area contributed by atoms with Crippen LogP contribution in [0.1, 0.15) is 12.8 Å². The molecule has 1 fully saturated rings. The molecule has 0 aliphatic carbocycles. The first-order valence-corrected chi connectivity index (χ1v) is 4.78. The quantitative estimate of drug-likeness (QED) is 0.688. The van der Waals surface area contributed by atoms with Crippen LogP contribution in [-0.2, 0) is 0 Å². The van der Waals surface area contributed by atoms with Crippen molar-refractivity contribution in [3.8, 4) is 0 Å². The number of aromatic nitrogens is 2. The topological polar surface area (TPSA) is 29.0 Å². The van der Waals surface area contributed by atoms with Crippen molar-refractivity contribution in [1.29, 1.82) is 0 Å². The fourth-order valence-corrected chi connectivity index (χ4v) is 1.61. The molecule has 0 bridgehead atoms. The SMILES string of the molecule is Clc1cncc(N2CC[CH]CC2)n1. The van der Waals surface area contributed by atoms with E-state index in [1.807, 2.05) is 0 Å². The van der Waals surface area contributed by atoms with Gasteiger partial charge in [0, 0.05) is 13.1 Å². The molecule has 2 rings (SSSR count). The van der Waals surface area contributed by atoms with Crippen molar-refractivity contribution in [2.45, 2.75) is 12.8 Å².